The molecule has 0 saturated heterocycles. The third-order valence-electron chi connectivity index (χ3n) is 1.20. The first-order valence-electron chi connectivity index (χ1n) is 2.88. The molecule has 0 amide bonds. The van der Waals surface area contributed by atoms with Crippen LogP contribution < -0.4 is 58.2 Å². The first-order valence-corrected chi connectivity index (χ1v) is 2.88. The van der Waals surface area contributed by atoms with Gasteiger partial charge in [-0.25, -0.2) is 0 Å². The molecule has 1 heteroatoms. The number of hydrogen-bond acceptors (Lipinski definition) is 0. The summed E-state index contributed by atoms with van der Waals surface area (Å²) in [4.78, 5) is 0. The van der Waals surface area contributed by atoms with Crippen LogP contribution >= 0.6 is 0 Å². The van der Waals surface area contributed by atoms with Gasteiger partial charge in [-0.2, -0.15) is 35.9 Å². The molecule has 1 aromatic carbocycles. The van der Waals surface area contributed by atoms with Crippen molar-refractivity contribution in [1.29, 1.82) is 0 Å². The number of hydrogen-bond donors (Lipinski definition) is 0. The van der Waals surface area contributed by atoms with Gasteiger partial charge in [-0.15, -0.1) is 0 Å². The molecule has 0 heterocycles. The van der Waals surface area contributed by atoms with E-state index in [1.807, 2.05) is 12.1 Å². The van der Waals surface area contributed by atoms with Gasteiger partial charge in [0.15, 0.2) is 0 Å². The van der Waals surface area contributed by atoms with Crippen LogP contribution in [-0.2, 0) is 6.42 Å². The molecule has 0 spiro atoms. The van der Waals surface area contributed by atoms with E-state index in [1.54, 1.807) is 0 Å². The van der Waals surface area contributed by atoms with Gasteiger partial charge in [-0.05, 0) is 0 Å². The van der Waals surface area contributed by atoms with Gasteiger partial charge in [-0.1, -0.05) is 13.3 Å². The Morgan fingerprint density at radius 3 is 2.22 bits per heavy atom. The van der Waals surface area contributed by atoms with E-state index in [0.29, 0.717) is 0 Å². The quantitative estimate of drug-likeness (QED) is 0.502. The van der Waals surface area contributed by atoms with E-state index in [4.69, 9.17) is 0 Å². The Bertz CT molecular complexity index is 146. The fourth-order valence-corrected chi connectivity index (χ4v) is 0.657. The van der Waals surface area contributed by atoms with Crippen molar-refractivity contribution >= 4 is 0 Å². The van der Waals surface area contributed by atoms with Gasteiger partial charge < -0.3 is 0 Å². The predicted molar refractivity (Wildman–Crippen MR) is 34.7 cm³/mol. The Labute approximate surface area is 105 Å². The third kappa shape index (κ3) is 3.66. The smallest absolute Gasteiger partial charge is 0.184 e. The predicted octanol–water partition coefficient (Wildman–Crippen LogP) is -0.947. The van der Waals surface area contributed by atoms with Crippen LogP contribution in [0.2, 0.25) is 0 Å². The van der Waals surface area contributed by atoms with E-state index in [9.17, 15) is 0 Å². The van der Waals surface area contributed by atoms with Crippen molar-refractivity contribution < 1.29 is 58.2 Å². The standard InChI is InChI=1S/C8H9.Rb/c1-2-8-6-4-3-5-7-8;/h4-7H,2H2,1H3;/q-1;+1. The van der Waals surface area contributed by atoms with Crippen LogP contribution in [0.25, 0.3) is 0 Å². The van der Waals surface area contributed by atoms with Gasteiger partial charge in [0.2, 0.25) is 0 Å². The van der Waals surface area contributed by atoms with Crippen LogP contribution in [0.3, 0.4) is 0 Å². The zero-order chi connectivity index (χ0) is 5.82. The van der Waals surface area contributed by atoms with Gasteiger partial charge in [0, 0.05) is 0 Å². The summed E-state index contributed by atoms with van der Waals surface area (Å²) in [5, 5.41) is 0. The minimum Gasteiger partial charge on any atom is -0.184 e. The maximum atomic E-state index is 2.97. The maximum absolute atomic E-state index is 2.97. The molecule has 0 aromatic heterocycles. The van der Waals surface area contributed by atoms with Crippen molar-refractivity contribution in [2.24, 2.45) is 0 Å². The number of benzene rings is 1. The first kappa shape index (κ1) is 10.0. The average molecular weight is 191 g/mol. The average Bonchev–Trinajstić information content (AvgIpc) is 1.90. The molecule has 0 fully saturated rings. The van der Waals surface area contributed by atoms with Crippen LogP contribution in [0.4, 0.5) is 0 Å². The molecule has 9 heavy (non-hydrogen) atoms. The van der Waals surface area contributed by atoms with Crippen molar-refractivity contribution in [3.05, 3.63) is 35.9 Å². The first-order chi connectivity index (χ1) is 3.93. The summed E-state index contributed by atoms with van der Waals surface area (Å²) in [5.41, 5.74) is 1.38. The second-order valence-electron chi connectivity index (χ2n) is 1.76. The monoisotopic (exact) mass is 190 g/mol. The summed E-state index contributed by atoms with van der Waals surface area (Å²) in [6.07, 6.45) is 1.12. The molecule has 0 radical (unpaired) electrons. The molecule has 0 unspecified atom stereocenters. The van der Waals surface area contributed by atoms with Crippen LogP contribution in [0.1, 0.15) is 12.5 Å². The maximum Gasteiger partial charge on any atom is 1.00 e. The minimum absolute atomic E-state index is 0. The van der Waals surface area contributed by atoms with Crippen molar-refractivity contribution in [3.8, 4) is 0 Å². The number of rotatable bonds is 1. The van der Waals surface area contributed by atoms with Crippen molar-refractivity contribution in [3.63, 3.8) is 0 Å². The van der Waals surface area contributed by atoms with E-state index in [2.05, 4.69) is 25.1 Å². The molecular weight excluding hydrogens is 182 g/mol. The number of aryl methyl sites for hydroxylation is 1. The van der Waals surface area contributed by atoms with Crippen molar-refractivity contribution in [2.75, 3.05) is 0 Å². The Morgan fingerprint density at radius 1 is 1.33 bits per heavy atom. The molecular formula is C8H9Rb. The van der Waals surface area contributed by atoms with E-state index in [0.717, 1.165) is 6.42 Å². The van der Waals surface area contributed by atoms with Crippen LogP contribution in [0.5, 0.6) is 0 Å². The second-order valence-corrected chi connectivity index (χ2v) is 1.76. The summed E-state index contributed by atoms with van der Waals surface area (Å²) in [5.74, 6) is 0. The fraction of sp³-hybridized carbons (Fsp3) is 0.250. The van der Waals surface area contributed by atoms with E-state index < -0.39 is 0 Å². The molecule has 0 bridgehead atoms. The molecule has 0 nitrogen and oxygen atoms in total. The fourth-order valence-electron chi connectivity index (χ4n) is 0.657. The third-order valence-corrected chi connectivity index (χ3v) is 1.20. The SMILES string of the molecule is CCc1cc[c-]cc1.[Rb+]. The Balaban J connectivity index is 0.000000640. The summed E-state index contributed by atoms with van der Waals surface area (Å²) in [7, 11) is 0. The van der Waals surface area contributed by atoms with E-state index in [-0.39, 0.29) is 58.2 Å². The Hall–Kier alpha value is 1.03. The topological polar surface area (TPSA) is 0 Å². The molecule has 0 N–H and O–H groups in total. The Morgan fingerprint density at radius 2 is 1.89 bits per heavy atom. The van der Waals surface area contributed by atoms with Gasteiger partial charge in [0.1, 0.15) is 0 Å². The summed E-state index contributed by atoms with van der Waals surface area (Å²) >= 11 is 0. The molecule has 0 saturated carbocycles. The summed E-state index contributed by atoms with van der Waals surface area (Å²) < 4.78 is 0. The van der Waals surface area contributed by atoms with Gasteiger partial charge in [0.05, 0.1) is 0 Å². The molecule has 0 aliphatic carbocycles. The largest absolute Gasteiger partial charge is 1.00 e. The molecule has 42 valence electrons. The van der Waals surface area contributed by atoms with Crippen molar-refractivity contribution in [1.82, 2.24) is 0 Å². The van der Waals surface area contributed by atoms with Crippen LogP contribution in [-0.4, -0.2) is 0 Å². The zero-order valence-corrected chi connectivity index (χ0v) is 10.9. The van der Waals surface area contributed by atoms with E-state index >= 15 is 0 Å². The molecule has 0 aliphatic heterocycles. The van der Waals surface area contributed by atoms with Gasteiger partial charge in [-0.3, -0.25) is 0 Å². The van der Waals surface area contributed by atoms with Crippen molar-refractivity contribution in [2.45, 2.75) is 13.3 Å². The minimum atomic E-state index is 0. The molecule has 1 aromatic rings. The van der Waals surface area contributed by atoms with Crippen LogP contribution in [0, 0.1) is 6.07 Å². The van der Waals surface area contributed by atoms with Gasteiger partial charge in [0.25, 0.3) is 0 Å². The molecule has 0 aliphatic rings. The van der Waals surface area contributed by atoms with Gasteiger partial charge >= 0.3 is 58.2 Å². The Kier molecular flexibility index (Phi) is 6.44. The second kappa shape index (κ2) is 5.78. The summed E-state index contributed by atoms with van der Waals surface area (Å²) in [6.45, 7) is 2.15. The summed E-state index contributed by atoms with van der Waals surface area (Å²) in [6, 6.07) is 11.0. The zero-order valence-electron chi connectivity index (χ0n) is 6.02. The van der Waals surface area contributed by atoms with E-state index in [1.165, 1.54) is 5.56 Å². The molecule has 1 rings (SSSR count). The molecule has 0 atom stereocenters. The van der Waals surface area contributed by atoms with Crippen LogP contribution in [0.15, 0.2) is 24.3 Å². The normalized spacial score (nSPS) is 8.11.